The van der Waals surface area contributed by atoms with Crippen molar-refractivity contribution in [1.82, 2.24) is 14.3 Å². The SMILES string of the molecule is CCOc1ccc(-c2nn(-c3ccccc3)cc2C=c2sc3n(c2=O)C(c2ccc(SC)cc2)C(C(=O)OCC(C)C)=C(C)N=3)cc1C. The Morgan fingerprint density at radius 1 is 1.06 bits per heavy atom. The van der Waals surface area contributed by atoms with Crippen LogP contribution >= 0.6 is 23.1 Å². The van der Waals surface area contributed by atoms with Crippen molar-refractivity contribution in [2.75, 3.05) is 19.5 Å². The summed E-state index contributed by atoms with van der Waals surface area (Å²) in [4.78, 5) is 34.4. The van der Waals surface area contributed by atoms with Gasteiger partial charge in [-0.2, -0.15) is 5.10 Å². The number of thiazole rings is 1. The molecule has 1 aliphatic heterocycles. The van der Waals surface area contributed by atoms with Crippen LogP contribution in [0.25, 0.3) is 23.0 Å². The first-order chi connectivity index (χ1) is 23.2. The molecule has 0 aliphatic carbocycles. The number of allylic oxidation sites excluding steroid dienone is 1. The average Bonchev–Trinajstić information content (AvgIpc) is 3.64. The number of aryl methyl sites for hydroxylation is 1. The summed E-state index contributed by atoms with van der Waals surface area (Å²) in [5, 5.41) is 4.98. The third-order valence-electron chi connectivity index (χ3n) is 8.02. The summed E-state index contributed by atoms with van der Waals surface area (Å²) in [5.41, 5.74) is 5.80. The number of nitrogens with zero attached hydrogens (tertiary/aromatic N) is 4. The van der Waals surface area contributed by atoms with Gasteiger partial charge in [-0.05, 0) is 92.6 Å². The van der Waals surface area contributed by atoms with E-state index < -0.39 is 12.0 Å². The average molecular weight is 679 g/mol. The molecule has 0 radical (unpaired) electrons. The number of thioether (sulfide) groups is 1. The van der Waals surface area contributed by atoms with Gasteiger partial charge in [0.15, 0.2) is 4.80 Å². The fourth-order valence-electron chi connectivity index (χ4n) is 5.69. The predicted octanol–water partition coefficient (Wildman–Crippen LogP) is 6.72. The van der Waals surface area contributed by atoms with Gasteiger partial charge in [-0.3, -0.25) is 9.36 Å². The Labute approximate surface area is 288 Å². The summed E-state index contributed by atoms with van der Waals surface area (Å²) in [5.74, 6) is 0.526. The topological polar surface area (TPSA) is 87.7 Å². The van der Waals surface area contributed by atoms with Crippen molar-refractivity contribution in [2.45, 2.75) is 45.6 Å². The number of fused-ring (bicyclic) bond motifs is 1. The van der Waals surface area contributed by atoms with Crippen LogP contribution in [0.4, 0.5) is 0 Å². The molecule has 3 heterocycles. The van der Waals surface area contributed by atoms with Crippen molar-refractivity contribution < 1.29 is 14.3 Å². The zero-order valence-electron chi connectivity index (χ0n) is 27.9. The van der Waals surface area contributed by atoms with Gasteiger partial charge in [0.05, 0.1) is 40.7 Å². The summed E-state index contributed by atoms with van der Waals surface area (Å²) >= 11 is 2.93. The van der Waals surface area contributed by atoms with E-state index in [1.165, 1.54) is 11.3 Å². The van der Waals surface area contributed by atoms with Crippen LogP contribution in [-0.2, 0) is 9.53 Å². The van der Waals surface area contributed by atoms with Crippen LogP contribution in [0.2, 0.25) is 0 Å². The third kappa shape index (κ3) is 6.68. The van der Waals surface area contributed by atoms with Crippen molar-refractivity contribution >= 4 is 35.1 Å². The van der Waals surface area contributed by atoms with Crippen LogP contribution in [0.1, 0.15) is 50.4 Å². The maximum atomic E-state index is 14.4. The van der Waals surface area contributed by atoms with Crippen molar-refractivity contribution in [3.8, 4) is 22.7 Å². The molecule has 0 N–H and O–H groups in total. The highest BCUT2D eigenvalue weighted by atomic mass is 32.2. The molecule has 1 unspecified atom stereocenters. The minimum absolute atomic E-state index is 0.167. The summed E-state index contributed by atoms with van der Waals surface area (Å²) in [6.07, 6.45) is 5.83. The molecule has 3 aromatic carbocycles. The number of aromatic nitrogens is 3. The summed E-state index contributed by atoms with van der Waals surface area (Å²) < 4.78 is 15.4. The normalized spacial score (nSPS) is 14.6. The lowest BCUT2D eigenvalue weighted by molar-refractivity contribution is -0.140. The van der Waals surface area contributed by atoms with E-state index in [1.807, 2.05) is 125 Å². The molecular formula is C38H38N4O4S2. The lowest BCUT2D eigenvalue weighted by Crippen LogP contribution is -2.40. The number of ether oxygens (including phenoxy) is 2. The molecule has 1 atom stereocenters. The number of benzene rings is 3. The molecule has 6 rings (SSSR count). The van der Waals surface area contributed by atoms with E-state index >= 15 is 0 Å². The fraction of sp³-hybridized carbons (Fsp3) is 0.263. The Kier molecular flexibility index (Phi) is 9.84. The van der Waals surface area contributed by atoms with Gasteiger partial charge < -0.3 is 9.47 Å². The highest BCUT2D eigenvalue weighted by Crippen LogP contribution is 2.32. The number of carbonyl (C=O) groups excluding carboxylic acids is 1. The van der Waals surface area contributed by atoms with Gasteiger partial charge in [0.1, 0.15) is 11.4 Å². The lowest BCUT2D eigenvalue weighted by atomic mass is 9.96. The first kappa shape index (κ1) is 33.2. The van der Waals surface area contributed by atoms with E-state index in [9.17, 15) is 9.59 Å². The van der Waals surface area contributed by atoms with Crippen molar-refractivity contribution in [3.63, 3.8) is 0 Å². The molecule has 0 spiro atoms. The summed E-state index contributed by atoms with van der Waals surface area (Å²) in [6.45, 7) is 10.6. The van der Waals surface area contributed by atoms with E-state index in [1.54, 1.807) is 16.3 Å². The maximum absolute atomic E-state index is 14.4. The Morgan fingerprint density at radius 3 is 2.48 bits per heavy atom. The highest BCUT2D eigenvalue weighted by Gasteiger charge is 2.33. The van der Waals surface area contributed by atoms with Crippen molar-refractivity contribution in [2.24, 2.45) is 10.9 Å². The second-order valence-corrected chi connectivity index (χ2v) is 13.9. The number of carbonyl (C=O) groups is 1. The van der Waals surface area contributed by atoms with E-state index in [2.05, 4.69) is 6.07 Å². The lowest BCUT2D eigenvalue weighted by Gasteiger charge is -2.25. The van der Waals surface area contributed by atoms with Crippen molar-refractivity contribution in [3.05, 3.63) is 127 Å². The molecule has 0 amide bonds. The van der Waals surface area contributed by atoms with E-state index in [0.717, 1.165) is 44.3 Å². The van der Waals surface area contributed by atoms with Gasteiger partial charge in [0, 0.05) is 22.2 Å². The quantitative estimate of drug-likeness (QED) is 0.121. The number of hydrogen-bond donors (Lipinski definition) is 0. The van der Waals surface area contributed by atoms with Crippen molar-refractivity contribution in [1.29, 1.82) is 0 Å². The molecule has 10 heteroatoms. The zero-order valence-corrected chi connectivity index (χ0v) is 29.5. The van der Waals surface area contributed by atoms with Gasteiger partial charge in [0.2, 0.25) is 0 Å². The Balaban J connectivity index is 1.53. The fourth-order valence-corrected chi connectivity index (χ4v) is 7.14. The van der Waals surface area contributed by atoms with Crippen LogP contribution in [-0.4, -0.2) is 39.8 Å². The zero-order chi connectivity index (χ0) is 33.9. The van der Waals surface area contributed by atoms with Gasteiger partial charge in [0.25, 0.3) is 5.56 Å². The van der Waals surface area contributed by atoms with E-state index in [-0.39, 0.29) is 18.1 Å². The number of hydrogen-bond acceptors (Lipinski definition) is 8. The second kappa shape index (κ2) is 14.2. The number of esters is 1. The predicted molar refractivity (Wildman–Crippen MR) is 193 cm³/mol. The molecule has 0 fully saturated rings. The summed E-state index contributed by atoms with van der Waals surface area (Å²) in [6, 6.07) is 23.1. The van der Waals surface area contributed by atoms with Gasteiger partial charge in [-0.1, -0.05) is 55.5 Å². The molecule has 2 aromatic heterocycles. The Hall–Kier alpha value is -4.67. The first-order valence-electron chi connectivity index (χ1n) is 15.9. The second-order valence-electron chi connectivity index (χ2n) is 12.0. The molecule has 0 saturated heterocycles. The van der Waals surface area contributed by atoms with Crippen LogP contribution in [0.5, 0.6) is 5.75 Å². The molecule has 8 nitrogen and oxygen atoms in total. The minimum atomic E-state index is -0.681. The molecular weight excluding hydrogens is 641 g/mol. The van der Waals surface area contributed by atoms with Gasteiger partial charge in [-0.25, -0.2) is 14.5 Å². The van der Waals surface area contributed by atoms with E-state index in [0.29, 0.717) is 27.2 Å². The summed E-state index contributed by atoms with van der Waals surface area (Å²) in [7, 11) is 0. The molecule has 5 aromatic rings. The largest absolute Gasteiger partial charge is 0.494 e. The van der Waals surface area contributed by atoms with Crippen LogP contribution in [0.3, 0.4) is 0 Å². The standard InChI is InChI=1S/C38H38N4O4S2/c1-7-45-31-18-15-27(19-24(31)4)34-28(21-41(40-34)29-11-9-8-10-12-29)20-32-36(43)42-35(26-13-16-30(47-6)17-14-26)33(25(5)39-38(42)48-32)37(44)46-22-23(2)3/h8-21,23,35H,7,22H2,1-6H3. The molecule has 246 valence electrons. The molecule has 0 bridgehead atoms. The van der Waals surface area contributed by atoms with E-state index in [4.69, 9.17) is 19.6 Å². The first-order valence-corrected chi connectivity index (χ1v) is 17.9. The van der Waals surface area contributed by atoms with Crippen LogP contribution in [0, 0.1) is 12.8 Å². The maximum Gasteiger partial charge on any atom is 0.338 e. The number of rotatable bonds is 10. The van der Waals surface area contributed by atoms with Crippen LogP contribution in [0.15, 0.2) is 105 Å². The Morgan fingerprint density at radius 2 is 1.81 bits per heavy atom. The molecule has 0 saturated carbocycles. The highest BCUT2D eigenvalue weighted by molar-refractivity contribution is 7.98. The van der Waals surface area contributed by atoms with Gasteiger partial charge >= 0.3 is 5.97 Å². The Bertz CT molecular complexity index is 2180. The molecule has 1 aliphatic rings. The third-order valence-corrected chi connectivity index (χ3v) is 9.75. The molecule has 48 heavy (non-hydrogen) atoms. The van der Waals surface area contributed by atoms with Gasteiger partial charge in [-0.15, -0.1) is 11.8 Å². The monoisotopic (exact) mass is 678 g/mol. The minimum Gasteiger partial charge on any atom is -0.494 e. The number of para-hydroxylation sites is 1. The smallest absolute Gasteiger partial charge is 0.338 e. The van der Waals surface area contributed by atoms with Crippen LogP contribution < -0.4 is 19.6 Å².